The van der Waals surface area contributed by atoms with Crippen LogP contribution in [0.5, 0.6) is 0 Å². The van der Waals surface area contributed by atoms with E-state index < -0.39 is 0 Å². The van der Waals surface area contributed by atoms with Crippen molar-refractivity contribution in [2.75, 3.05) is 6.54 Å². The van der Waals surface area contributed by atoms with Gasteiger partial charge in [0.05, 0.1) is 11.1 Å². The zero-order valence-electron chi connectivity index (χ0n) is 11.1. The van der Waals surface area contributed by atoms with E-state index in [0.29, 0.717) is 0 Å². The first-order valence-corrected chi connectivity index (χ1v) is 7.55. The predicted molar refractivity (Wildman–Crippen MR) is 85.9 cm³/mol. The second-order valence-corrected chi connectivity index (χ2v) is 5.72. The SMILES string of the molecule is CCNC(c1ccccc1C)c1cccc(Br)c1Cl. The van der Waals surface area contributed by atoms with Gasteiger partial charge in [0.15, 0.2) is 0 Å². The van der Waals surface area contributed by atoms with Gasteiger partial charge in [0.25, 0.3) is 0 Å². The van der Waals surface area contributed by atoms with E-state index in [4.69, 9.17) is 11.6 Å². The number of hydrogen-bond acceptors (Lipinski definition) is 1. The van der Waals surface area contributed by atoms with Gasteiger partial charge in [-0.1, -0.05) is 54.9 Å². The highest BCUT2D eigenvalue weighted by Gasteiger charge is 2.18. The van der Waals surface area contributed by atoms with Gasteiger partial charge >= 0.3 is 0 Å². The van der Waals surface area contributed by atoms with Crippen molar-refractivity contribution in [2.45, 2.75) is 19.9 Å². The van der Waals surface area contributed by atoms with Gasteiger partial charge in [0.2, 0.25) is 0 Å². The molecule has 19 heavy (non-hydrogen) atoms. The molecule has 1 N–H and O–H groups in total. The van der Waals surface area contributed by atoms with Crippen LogP contribution in [-0.2, 0) is 0 Å². The van der Waals surface area contributed by atoms with E-state index in [-0.39, 0.29) is 6.04 Å². The van der Waals surface area contributed by atoms with Crippen LogP contribution in [0.1, 0.15) is 29.7 Å². The van der Waals surface area contributed by atoms with Gasteiger partial charge < -0.3 is 5.32 Å². The van der Waals surface area contributed by atoms with Gasteiger partial charge in [-0.25, -0.2) is 0 Å². The van der Waals surface area contributed by atoms with E-state index in [1.54, 1.807) is 0 Å². The van der Waals surface area contributed by atoms with E-state index >= 15 is 0 Å². The first kappa shape index (κ1) is 14.6. The molecule has 3 heteroatoms. The molecule has 1 nitrogen and oxygen atoms in total. The molecule has 0 amide bonds. The zero-order chi connectivity index (χ0) is 13.8. The summed E-state index contributed by atoms with van der Waals surface area (Å²) < 4.78 is 0.933. The molecule has 0 aromatic heterocycles. The molecule has 0 fully saturated rings. The van der Waals surface area contributed by atoms with Crippen LogP contribution in [0.15, 0.2) is 46.9 Å². The Kier molecular flexibility index (Phi) is 5.03. The third-order valence-electron chi connectivity index (χ3n) is 3.20. The average Bonchev–Trinajstić information content (AvgIpc) is 2.41. The molecule has 2 aromatic carbocycles. The Balaban J connectivity index is 2.52. The standard InChI is InChI=1S/C16H17BrClN/c1-3-19-16(12-8-5-4-7-11(12)2)13-9-6-10-14(17)15(13)18/h4-10,16,19H,3H2,1-2H3. The molecule has 0 heterocycles. The molecule has 0 aliphatic carbocycles. The minimum atomic E-state index is 0.121. The summed E-state index contributed by atoms with van der Waals surface area (Å²) in [6.45, 7) is 5.13. The molecular formula is C16H17BrClN. The molecule has 0 radical (unpaired) electrons. The van der Waals surface area contributed by atoms with Crippen LogP contribution in [0.25, 0.3) is 0 Å². The monoisotopic (exact) mass is 337 g/mol. The number of benzene rings is 2. The van der Waals surface area contributed by atoms with E-state index in [0.717, 1.165) is 21.6 Å². The van der Waals surface area contributed by atoms with Crippen molar-refractivity contribution >= 4 is 27.5 Å². The Bertz CT molecular complexity index is 568. The van der Waals surface area contributed by atoms with Crippen molar-refractivity contribution in [1.82, 2.24) is 5.32 Å². The van der Waals surface area contributed by atoms with Gasteiger partial charge in [-0.15, -0.1) is 0 Å². The van der Waals surface area contributed by atoms with Gasteiger partial charge in [-0.05, 0) is 52.2 Å². The quantitative estimate of drug-likeness (QED) is 0.817. The van der Waals surface area contributed by atoms with Gasteiger partial charge in [0, 0.05) is 4.47 Å². The van der Waals surface area contributed by atoms with Crippen molar-refractivity contribution < 1.29 is 0 Å². The van der Waals surface area contributed by atoms with Crippen molar-refractivity contribution in [1.29, 1.82) is 0 Å². The van der Waals surface area contributed by atoms with E-state index in [1.165, 1.54) is 11.1 Å². The maximum Gasteiger partial charge on any atom is 0.0599 e. The van der Waals surface area contributed by atoms with Gasteiger partial charge in [0.1, 0.15) is 0 Å². The molecule has 0 saturated carbocycles. The van der Waals surface area contributed by atoms with Crippen molar-refractivity contribution in [2.24, 2.45) is 0 Å². The van der Waals surface area contributed by atoms with Crippen molar-refractivity contribution in [3.63, 3.8) is 0 Å². The lowest BCUT2D eigenvalue weighted by Gasteiger charge is -2.22. The predicted octanol–water partition coefficient (Wildman–Crippen LogP) is 5.11. The highest BCUT2D eigenvalue weighted by Crippen LogP contribution is 2.34. The second-order valence-electron chi connectivity index (χ2n) is 4.49. The summed E-state index contributed by atoms with van der Waals surface area (Å²) in [7, 11) is 0. The number of hydrogen-bond donors (Lipinski definition) is 1. The van der Waals surface area contributed by atoms with Crippen molar-refractivity contribution in [3.05, 3.63) is 68.7 Å². The van der Waals surface area contributed by atoms with Crippen LogP contribution in [0.3, 0.4) is 0 Å². The fourth-order valence-corrected chi connectivity index (χ4v) is 2.86. The minimum Gasteiger partial charge on any atom is -0.306 e. The van der Waals surface area contributed by atoms with Gasteiger partial charge in [-0.3, -0.25) is 0 Å². The second kappa shape index (κ2) is 6.56. The highest BCUT2D eigenvalue weighted by atomic mass is 79.9. The summed E-state index contributed by atoms with van der Waals surface area (Å²) in [5, 5.41) is 4.29. The largest absolute Gasteiger partial charge is 0.306 e. The fraction of sp³-hybridized carbons (Fsp3) is 0.250. The molecule has 2 rings (SSSR count). The molecule has 1 atom stereocenters. The summed E-state index contributed by atoms with van der Waals surface area (Å²) in [4.78, 5) is 0. The minimum absolute atomic E-state index is 0.121. The molecule has 0 aliphatic heterocycles. The van der Waals surface area contributed by atoms with Crippen LogP contribution in [0.2, 0.25) is 5.02 Å². The van der Waals surface area contributed by atoms with Crippen LogP contribution in [0.4, 0.5) is 0 Å². The van der Waals surface area contributed by atoms with E-state index in [2.05, 4.69) is 65.4 Å². The molecule has 0 saturated heterocycles. The highest BCUT2D eigenvalue weighted by molar-refractivity contribution is 9.10. The Labute approximate surface area is 128 Å². The summed E-state index contributed by atoms with van der Waals surface area (Å²) in [5.41, 5.74) is 3.64. The summed E-state index contributed by atoms with van der Waals surface area (Å²) in [5.74, 6) is 0. The molecule has 0 bridgehead atoms. The van der Waals surface area contributed by atoms with Crippen LogP contribution < -0.4 is 5.32 Å². The fourth-order valence-electron chi connectivity index (χ4n) is 2.25. The number of halogens is 2. The van der Waals surface area contributed by atoms with Crippen LogP contribution in [-0.4, -0.2) is 6.54 Å². The molecule has 2 aromatic rings. The maximum absolute atomic E-state index is 6.44. The summed E-state index contributed by atoms with van der Waals surface area (Å²) in [6.07, 6.45) is 0. The normalized spacial score (nSPS) is 12.4. The lowest BCUT2D eigenvalue weighted by atomic mass is 9.95. The number of aryl methyl sites for hydroxylation is 1. The molecular weight excluding hydrogens is 322 g/mol. The lowest BCUT2D eigenvalue weighted by molar-refractivity contribution is 0.627. The maximum atomic E-state index is 6.44. The Morgan fingerprint density at radius 3 is 2.47 bits per heavy atom. The molecule has 100 valence electrons. The topological polar surface area (TPSA) is 12.0 Å². The number of rotatable bonds is 4. The number of nitrogens with one attached hydrogen (secondary N) is 1. The molecule has 1 unspecified atom stereocenters. The lowest BCUT2D eigenvalue weighted by Crippen LogP contribution is -2.23. The van der Waals surface area contributed by atoms with Crippen LogP contribution in [0, 0.1) is 6.92 Å². The first-order chi connectivity index (χ1) is 9.15. The Morgan fingerprint density at radius 2 is 1.79 bits per heavy atom. The molecule has 0 aliphatic rings. The Morgan fingerprint density at radius 1 is 1.11 bits per heavy atom. The zero-order valence-corrected chi connectivity index (χ0v) is 13.4. The third-order valence-corrected chi connectivity index (χ3v) is 4.51. The smallest absolute Gasteiger partial charge is 0.0599 e. The van der Waals surface area contributed by atoms with Crippen LogP contribution >= 0.6 is 27.5 Å². The van der Waals surface area contributed by atoms with Crippen molar-refractivity contribution in [3.8, 4) is 0 Å². The van der Waals surface area contributed by atoms with E-state index in [1.807, 2.05) is 12.1 Å². The average molecular weight is 339 g/mol. The first-order valence-electron chi connectivity index (χ1n) is 6.38. The van der Waals surface area contributed by atoms with Gasteiger partial charge in [-0.2, -0.15) is 0 Å². The summed E-state index contributed by atoms with van der Waals surface area (Å²) >= 11 is 9.94. The van der Waals surface area contributed by atoms with E-state index in [9.17, 15) is 0 Å². The summed E-state index contributed by atoms with van der Waals surface area (Å²) in [6, 6.07) is 14.6. The molecule has 0 spiro atoms. The third kappa shape index (κ3) is 3.19. The Hall–Kier alpha value is -0.830.